The number of pyridine rings is 1. The van der Waals surface area contributed by atoms with E-state index < -0.39 is 17.0 Å². The highest BCUT2D eigenvalue weighted by molar-refractivity contribution is 5.99. The molecule has 1 aromatic heterocycles. The van der Waals surface area contributed by atoms with Crippen LogP contribution in [-0.2, 0) is 0 Å². The van der Waals surface area contributed by atoms with E-state index in [-0.39, 0.29) is 23.7 Å². The topological polar surface area (TPSA) is 97.5 Å². The van der Waals surface area contributed by atoms with Crippen LogP contribution in [0.15, 0.2) is 53.3 Å². The highest BCUT2D eigenvalue weighted by Crippen LogP contribution is 2.34. The van der Waals surface area contributed by atoms with Crippen LogP contribution in [0.1, 0.15) is 41.5 Å². The molecule has 156 valence electrons. The molecule has 7 heteroatoms. The Bertz CT molecular complexity index is 1140. The molecule has 0 bridgehead atoms. The number of carbonyl (C=O) groups is 2. The molecule has 3 rings (SSSR count). The number of amides is 1. The molecule has 0 saturated carbocycles. The summed E-state index contributed by atoms with van der Waals surface area (Å²) in [7, 11) is 1.47. The first kappa shape index (κ1) is 21.1. The van der Waals surface area contributed by atoms with Gasteiger partial charge in [0.15, 0.2) is 23.9 Å². The molecule has 0 radical (unpaired) electrons. The van der Waals surface area contributed by atoms with E-state index in [4.69, 9.17) is 9.47 Å². The van der Waals surface area contributed by atoms with E-state index in [0.29, 0.717) is 22.2 Å². The van der Waals surface area contributed by atoms with Crippen molar-refractivity contribution < 1.29 is 19.1 Å². The number of carbonyl (C=O) groups excluding carboxylic acids is 2. The quantitative estimate of drug-likeness (QED) is 0.610. The summed E-state index contributed by atoms with van der Waals surface area (Å²) in [5.41, 5.74) is -0.172. The van der Waals surface area contributed by atoms with Crippen molar-refractivity contribution >= 4 is 22.6 Å². The Morgan fingerprint density at radius 2 is 1.77 bits per heavy atom. The number of H-pyrrole nitrogens is 1. The molecule has 3 aromatic rings. The molecule has 30 heavy (non-hydrogen) atoms. The first-order chi connectivity index (χ1) is 14.2. The second-order valence-electron chi connectivity index (χ2n) is 7.86. The summed E-state index contributed by atoms with van der Waals surface area (Å²) in [4.78, 5) is 40.2. The molecule has 2 aromatic carbocycles. The van der Waals surface area contributed by atoms with Gasteiger partial charge in [0, 0.05) is 16.5 Å². The van der Waals surface area contributed by atoms with Gasteiger partial charge < -0.3 is 19.8 Å². The molecule has 0 unspecified atom stereocenters. The summed E-state index contributed by atoms with van der Waals surface area (Å²) in [5.74, 6) is -0.0774. The van der Waals surface area contributed by atoms with E-state index in [0.717, 1.165) is 0 Å². The van der Waals surface area contributed by atoms with Crippen LogP contribution in [0.5, 0.6) is 11.5 Å². The van der Waals surface area contributed by atoms with Crippen LogP contribution >= 0.6 is 0 Å². The predicted molar refractivity (Wildman–Crippen MR) is 115 cm³/mol. The minimum absolute atomic E-state index is 0.00564. The number of benzene rings is 2. The van der Waals surface area contributed by atoms with Crippen molar-refractivity contribution in [3.63, 3.8) is 0 Å². The smallest absolute Gasteiger partial charge is 0.261 e. The van der Waals surface area contributed by atoms with Crippen LogP contribution in [-0.4, -0.2) is 35.9 Å². The van der Waals surface area contributed by atoms with Crippen molar-refractivity contribution in [3.05, 3.63) is 70.0 Å². The van der Waals surface area contributed by atoms with Gasteiger partial charge in [-0.05, 0) is 39.0 Å². The lowest BCUT2D eigenvalue weighted by atomic mass is 10.1. The third-order valence-corrected chi connectivity index (χ3v) is 4.33. The van der Waals surface area contributed by atoms with Gasteiger partial charge in [-0.2, -0.15) is 0 Å². The summed E-state index contributed by atoms with van der Waals surface area (Å²) in [6.45, 7) is 5.27. The van der Waals surface area contributed by atoms with Crippen LogP contribution in [0.4, 0.5) is 0 Å². The molecule has 0 spiro atoms. The molecule has 0 fully saturated rings. The monoisotopic (exact) mass is 408 g/mol. The Balaban J connectivity index is 1.97. The number of Topliss-reactive ketones (excluding diaryl/α,β-unsaturated/α-hetero) is 1. The first-order valence-corrected chi connectivity index (χ1v) is 9.47. The number of aromatic amines is 1. The van der Waals surface area contributed by atoms with Crippen LogP contribution in [0.25, 0.3) is 10.9 Å². The van der Waals surface area contributed by atoms with Crippen molar-refractivity contribution in [1.29, 1.82) is 0 Å². The molecule has 0 aliphatic carbocycles. The van der Waals surface area contributed by atoms with E-state index in [9.17, 15) is 14.4 Å². The number of hydrogen-bond acceptors (Lipinski definition) is 5. The van der Waals surface area contributed by atoms with E-state index >= 15 is 0 Å². The molecular weight excluding hydrogens is 384 g/mol. The van der Waals surface area contributed by atoms with Gasteiger partial charge in [0.1, 0.15) is 5.56 Å². The van der Waals surface area contributed by atoms with Crippen LogP contribution in [0, 0.1) is 0 Å². The standard InChI is InChI=1S/C23H24N2O5/c1-23(2,3)25-22(28)16-12-15-10-11-18(29-4)20(19(15)24-21(16)27)30-13-17(26)14-8-6-5-7-9-14/h5-12H,13H2,1-4H3,(H,24,27)(H,25,28). The number of fused-ring (bicyclic) bond motifs is 1. The largest absolute Gasteiger partial charge is 0.493 e. The van der Waals surface area contributed by atoms with Crippen LogP contribution in [0.3, 0.4) is 0 Å². The second kappa shape index (κ2) is 8.41. The SMILES string of the molecule is COc1ccc2cc(C(=O)NC(C)(C)C)c(=O)[nH]c2c1OCC(=O)c1ccccc1. The zero-order valence-corrected chi connectivity index (χ0v) is 17.4. The third kappa shape index (κ3) is 4.68. The number of aromatic nitrogens is 1. The Kier molecular flexibility index (Phi) is 5.91. The predicted octanol–water partition coefficient (Wildman–Crippen LogP) is 3.33. The zero-order valence-electron chi connectivity index (χ0n) is 17.4. The molecule has 0 atom stereocenters. The highest BCUT2D eigenvalue weighted by Gasteiger charge is 2.20. The van der Waals surface area contributed by atoms with Gasteiger partial charge in [0.05, 0.1) is 12.6 Å². The lowest BCUT2D eigenvalue weighted by molar-refractivity contribution is 0.0912. The summed E-state index contributed by atoms with van der Waals surface area (Å²) >= 11 is 0. The van der Waals surface area contributed by atoms with E-state index in [2.05, 4.69) is 10.3 Å². The highest BCUT2D eigenvalue weighted by atomic mass is 16.5. The molecule has 0 aliphatic rings. The second-order valence-corrected chi connectivity index (χ2v) is 7.86. The minimum atomic E-state index is -0.559. The van der Waals surface area contributed by atoms with Crippen molar-refractivity contribution in [1.82, 2.24) is 10.3 Å². The summed E-state index contributed by atoms with van der Waals surface area (Å²) in [6, 6.07) is 13.6. The number of methoxy groups -OCH3 is 1. The zero-order chi connectivity index (χ0) is 21.9. The van der Waals surface area contributed by atoms with Gasteiger partial charge in [-0.25, -0.2) is 0 Å². The average molecular weight is 408 g/mol. The van der Waals surface area contributed by atoms with Crippen LogP contribution < -0.4 is 20.3 Å². The van der Waals surface area contributed by atoms with E-state index in [1.54, 1.807) is 36.4 Å². The van der Waals surface area contributed by atoms with Crippen LogP contribution in [0.2, 0.25) is 0 Å². The van der Waals surface area contributed by atoms with Gasteiger partial charge in [-0.15, -0.1) is 0 Å². The first-order valence-electron chi connectivity index (χ1n) is 9.47. The van der Waals surface area contributed by atoms with E-state index in [1.807, 2.05) is 26.8 Å². The Morgan fingerprint density at radius 3 is 2.40 bits per heavy atom. The normalized spacial score (nSPS) is 11.2. The number of nitrogens with one attached hydrogen (secondary N) is 2. The maximum absolute atomic E-state index is 12.6. The van der Waals surface area contributed by atoms with Gasteiger partial charge in [-0.3, -0.25) is 14.4 Å². The number of hydrogen-bond donors (Lipinski definition) is 2. The maximum Gasteiger partial charge on any atom is 0.261 e. The molecular formula is C23H24N2O5. The van der Waals surface area contributed by atoms with Gasteiger partial charge in [0.2, 0.25) is 0 Å². The van der Waals surface area contributed by atoms with Crippen molar-refractivity contribution in [2.45, 2.75) is 26.3 Å². The molecule has 0 saturated heterocycles. The van der Waals surface area contributed by atoms with E-state index in [1.165, 1.54) is 13.2 Å². The number of rotatable bonds is 6. The van der Waals surface area contributed by atoms with Gasteiger partial charge in [0.25, 0.3) is 11.5 Å². The van der Waals surface area contributed by atoms with Gasteiger partial charge >= 0.3 is 0 Å². The molecule has 7 nitrogen and oxygen atoms in total. The fourth-order valence-corrected chi connectivity index (χ4v) is 2.96. The van der Waals surface area contributed by atoms with Crippen molar-refractivity contribution in [2.75, 3.05) is 13.7 Å². The Labute approximate surface area is 174 Å². The summed E-state index contributed by atoms with van der Waals surface area (Å²) in [6.07, 6.45) is 0. The van der Waals surface area contributed by atoms with Crippen molar-refractivity contribution in [2.24, 2.45) is 0 Å². The molecule has 2 N–H and O–H groups in total. The molecule has 1 amide bonds. The number of ether oxygens (including phenoxy) is 2. The fourth-order valence-electron chi connectivity index (χ4n) is 2.96. The van der Waals surface area contributed by atoms with Gasteiger partial charge in [-0.1, -0.05) is 30.3 Å². The average Bonchev–Trinajstić information content (AvgIpc) is 2.70. The molecule has 1 heterocycles. The third-order valence-electron chi connectivity index (χ3n) is 4.33. The lowest BCUT2D eigenvalue weighted by Crippen LogP contribution is -2.42. The Hall–Kier alpha value is -3.61. The summed E-state index contributed by atoms with van der Waals surface area (Å²) in [5, 5.41) is 3.36. The number of ketones is 1. The fraction of sp³-hybridized carbons (Fsp3) is 0.261. The maximum atomic E-state index is 12.6. The summed E-state index contributed by atoms with van der Waals surface area (Å²) < 4.78 is 11.1. The minimum Gasteiger partial charge on any atom is -0.493 e. The molecule has 0 aliphatic heterocycles. The Morgan fingerprint density at radius 1 is 1.07 bits per heavy atom. The van der Waals surface area contributed by atoms with Crippen molar-refractivity contribution in [3.8, 4) is 11.5 Å². The lowest BCUT2D eigenvalue weighted by Gasteiger charge is -2.20.